The number of phenolic OH excluding ortho intramolecular Hbond substituents is 1. The van der Waals surface area contributed by atoms with E-state index in [1.165, 1.54) is 49.5 Å². The number of furan rings is 1. The highest BCUT2D eigenvalue weighted by molar-refractivity contribution is 5.99. The third-order valence-electron chi connectivity index (χ3n) is 4.67. The molecule has 0 radical (unpaired) electrons. The molecule has 1 aromatic heterocycles. The summed E-state index contributed by atoms with van der Waals surface area (Å²) in [6, 6.07) is 3.92. The summed E-state index contributed by atoms with van der Waals surface area (Å²) in [6.07, 6.45) is 1.29. The minimum Gasteiger partial charge on any atom is -0.505 e. The molecule has 0 bridgehead atoms. The van der Waals surface area contributed by atoms with Gasteiger partial charge in [0.25, 0.3) is 22.7 Å². The normalized spacial score (nSPS) is 12.6. The zero-order valence-corrected chi connectivity index (χ0v) is 17.2. The van der Waals surface area contributed by atoms with Crippen LogP contribution in [0.2, 0.25) is 0 Å². The van der Waals surface area contributed by atoms with Gasteiger partial charge in [-0.2, -0.15) is 0 Å². The molecule has 1 atom stereocenters. The molecule has 10 heteroatoms. The number of carbonyl (C=O) groups is 1. The Labute approximate surface area is 175 Å². The number of nitrogens with zero attached hydrogens (tertiary/aromatic N) is 1. The maximum Gasteiger partial charge on any atom is 0.272 e. The first-order chi connectivity index (χ1) is 14.4. The van der Waals surface area contributed by atoms with Crippen molar-refractivity contribution >= 4 is 23.0 Å². The minimum absolute atomic E-state index is 0.0310. The fourth-order valence-electron chi connectivity index (χ4n) is 3.04. The minimum atomic E-state index is -3.33. The molecule has 3 rings (SSSR count). The predicted octanol–water partition coefficient (Wildman–Crippen LogP) is 3.14. The molecular formula is C21H21F2N3O5. The molecule has 1 amide bonds. The van der Waals surface area contributed by atoms with Crippen molar-refractivity contribution in [3.8, 4) is 5.75 Å². The van der Waals surface area contributed by atoms with Crippen LogP contribution in [0.1, 0.15) is 34.6 Å². The molecule has 1 unspecified atom stereocenters. The van der Waals surface area contributed by atoms with E-state index in [0.717, 1.165) is 0 Å². The SMILES string of the molecule is Cc1coc(C(Nc2c(Nc3cccc(C(=O)N(C)C)c3O)c(=O)c2=O)C(C)(F)F)c1. The number of carbonyl (C=O) groups excluding carboxylic acids is 1. The molecule has 31 heavy (non-hydrogen) atoms. The van der Waals surface area contributed by atoms with Crippen LogP contribution >= 0.6 is 0 Å². The third-order valence-corrected chi connectivity index (χ3v) is 4.67. The zero-order valence-electron chi connectivity index (χ0n) is 17.2. The van der Waals surface area contributed by atoms with Crippen LogP contribution in [-0.2, 0) is 0 Å². The highest BCUT2D eigenvalue weighted by Gasteiger charge is 2.40. The van der Waals surface area contributed by atoms with Gasteiger partial charge >= 0.3 is 0 Å². The Morgan fingerprint density at radius 2 is 1.84 bits per heavy atom. The monoisotopic (exact) mass is 433 g/mol. The van der Waals surface area contributed by atoms with Gasteiger partial charge in [-0.25, -0.2) is 8.78 Å². The molecule has 0 fully saturated rings. The fraction of sp³-hybridized carbons (Fsp3) is 0.286. The van der Waals surface area contributed by atoms with Crippen LogP contribution in [0.15, 0.2) is 44.5 Å². The Hall–Kier alpha value is -3.69. The summed E-state index contributed by atoms with van der Waals surface area (Å²) in [5, 5.41) is 15.4. The van der Waals surface area contributed by atoms with Gasteiger partial charge in [0.15, 0.2) is 5.75 Å². The van der Waals surface area contributed by atoms with E-state index in [0.29, 0.717) is 12.5 Å². The number of benzene rings is 1. The maximum atomic E-state index is 14.2. The molecule has 8 nitrogen and oxygen atoms in total. The van der Waals surface area contributed by atoms with Gasteiger partial charge in [0, 0.05) is 21.0 Å². The van der Waals surface area contributed by atoms with Crippen molar-refractivity contribution < 1.29 is 23.1 Å². The lowest BCUT2D eigenvalue weighted by atomic mass is 10.1. The first kappa shape index (κ1) is 22.0. The molecule has 0 saturated carbocycles. The fourth-order valence-corrected chi connectivity index (χ4v) is 3.04. The standard InChI is InChI=1S/C21H21F2N3O5/c1-10-8-13(31-9-10)19(21(2,22)23)25-15-14(17(28)18(15)29)24-12-7-5-6-11(16(12)27)20(30)26(3)4/h5-9,19,24-25,27H,1-4H3. The van der Waals surface area contributed by atoms with E-state index in [9.17, 15) is 28.3 Å². The molecule has 0 spiro atoms. The van der Waals surface area contributed by atoms with E-state index < -0.39 is 34.5 Å². The number of anilines is 3. The topological polar surface area (TPSA) is 112 Å². The lowest BCUT2D eigenvalue weighted by molar-refractivity contribution is -0.00524. The second kappa shape index (κ2) is 7.86. The Balaban J connectivity index is 1.96. The summed E-state index contributed by atoms with van der Waals surface area (Å²) in [5.41, 5.74) is -2.05. The summed E-state index contributed by atoms with van der Waals surface area (Å²) in [5.74, 6) is -4.37. The van der Waals surface area contributed by atoms with Gasteiger partial charge in [0.1, 0.15) is 23.2 Å². The summed E-state index contributed by atoms with van der Waals surface area (Å²) >= 11 is 0. The molecule has 3 N–H and O–H groups in total. The zero-order chi connectivity index (χ0) is 23.1. The van der Waals surface area contributed by atoms with Crippen molar-refractivity contribution in [1.82, 2.24) is 4.90 Å². The second-order valence-electron chi connectivity index (χ2n) is 7.49. The molecule has 0 aliphatic rings. The van der Waals surface area contributed by atoms with Crippen molar-refractivity contribution in [2.45, 2.75) is 25.8 Å². The van der Waals surface area contributed by atoms with Gasteiger partial charge in [0.2, 0.25) is 0 Å². The first-order valence-corrected chi connectivity index (χ1v) is 9.25. The van der Waals surface area contributed by atoms with E-state index in [-0.39, 0.29) is 28.4 Å². The van der Waals surface area contributed by atoms with Crippen molar-refractivity contribution in [2.24, 2.45) is 0 Å². The van der Waals surface area contributed by atoms with Gasteiger partial charge in [-0.3, -0.25) is 14.4 Å². The van der Waals surface area contributed by atoms with Crippen LogP contribution in [0.3, 0.4) is 0 Å². The summed E-state index contributed by atoms with van der Waals surface area (Å²) < 4.78 is 33.6. The first-order valence-electron chi connectivity index (χ1n) is 9.25. The molecule has 0 saturated heterocycles. The number of rotatable bonds is 7. The number of hydrogen-bond donors (Lipinski definition) is 3. The molecular weight excluding hydrogens is 412 g/mol. The number of halogens is 2. The van der Waals surface area contributed by atoms with Gasteiger partial charge in [-0.15, -0.1) is 0 Å². The highest BCUT2D eigenvalue weighted by atomic mass is 19.3. The second-order valence-corrected chi connectivity index (χ2v) is 7.49. The molecule has 0 aliphatic carbocycles. The summed E-state index contributed by atoms with van der Waals surface area (Å²) in [6.45, 7) is 2.32. The highest BCUT2D eigenvalue weighted by Crippen LogP contribution is 2.37. The van der Waals surface area contributed by atoms with Gasteiger partial charge in [0.05, 0.1) is 17.5 Å². The van der Waals surface area contributed by atoms with Crippen LogP contribution in [-0.4, -0.2) is 35.9 Å². The smallest absolute Gasteiger partial charge is 0.272 e. The van der Waals surface area contributed by atoms with Crippen LogP contribution in [0, 0.1) is 6.92 Å². The number of hydrogen-bond acceptors (Lipinski definition) is 7. The van der Waals surface area contributed by atoms with E-state index in [4.69, 9.17) is 4.42 Å². The maximum absolute atomic E-state index is 14.2. The van der Waals surface area contributed by atoms with Crippen LogP contribution in [0.5, 0.6) is 5.75 Å². The number of nitrogens with one attached hydrogen (secondary N) is 2. The van der Waals surface area contributed by atoms with Crippen molar-refractivity contribution in [3.05, 3.63) is 67.9 Å². The van der Waals surface area contributed by atoms with Crippen molar-refractivity contribution in [3.63, 3.8) is 0 Å². The lowest BCUT2D eigenvalue weighted by Gasteiger charge is -2.26. The van der Waals surface area contributed by atoms with E-state index in [2.05, 4.69) is 10.6 Å². The van der Waals surface area contributed by atoms with E-state index >= 15 is 0 Å². The third kappa shape index (κ3) is 4.14. The van der Waals surface area contributed by atoms with Crippen LogP contribution in [0.25, 0.3) is 0 Å². The average molecular weight is 433 g/mol. The number of aryl methyl sites for hydroxylation is 1. The van der Waals surface area contributed by atoms with Gasteiger partial charge in [-0.05, 0) is 30.7 Å². The molecule has 0 aliphatic heterocycles. The number of phenols is 1. The predicted molar refractivity (Wildman–Crippen MR) is 111 cm³/mol. The Kier molecular flexibility index (Phi) is 5.58. The van der Waals surface area contributed by atoms with Crippen LogP contribution in [0.4, 0.5) is 25.8 Å². The number of aromatic hydroxyl groups is 1. The van der Waals surface area contributed by atoms with E-state index in [1.54, 1.807) is 6.92 Å². The molecule has 2 aromatic carbocycles. The van der Waals surface area contributed by atoms with Crippen LogP contribution < -0.4 is 21.5 Å². The largest absolute Gasteiger partial charge is 0.505 e. The molecule has 164 valence electrons. The lowest BCUT2D eigenvalue weighted by Crippen LogP contribution is -2.40. The van der Waals surface area contributed by atoms with Gasteiger partial charge < -0.3 is 25.1 Å². The number of para-hydroxylation sites is 1. The van der Waals surface area contributed by atoms with Crippen molar-refractivity contribution in [2.75, 3.05) is 24.7 Å². The van der Waals surface area contributed by atoms with Crippen molar-refractivity contribution in [1.29, 1.82) is 0 Å². The Bertz CT molecular complexity index is 1200. The van der Waals surface area contributed by atoms with E-state index in [1.807, 2.05) is 0 Å². The summed E-state index contributed by atoms with van der Waals surface area (Å²) in [4.78, 5) is 37.6. The number of alkyl halides is 2. The number of amides is 1. The molecule has 3 aromatic rings. The summed E-state index contributed by atoms with van der Waals surface area (Å²) in [7, 11) is 3.00. The van der Waals surface area contributed by atoms with Gasteiger partial charge in [-0.1, -0.05) is 6.07 Å². The average Bonchev–Trinajstić information content (AvgIpc) is 3.12. The Morgan fingerprint density at radius 3 is 2.39 bits per heavy atom. The Morgan fingerprint density at radius 1 is 1.19 bits per heavy atom. The quantitative estimate of drug-likeness (QED) is 0.388. The molecule has 1 heterocycles.